The highest BCUT2D eigenvalue weighted by Crippen LogP contribution is 2.15. The number of amides is 1. The van der Waals surface area contributed by atoms with Crippen molar-refractivity contribution in [3.8, 4) is 11.4 Å². The van der Waals surface area contributed by atoms with Crippen LogP contribution in [0.5, 0.6) is 0 Å². The molecule has 0 fully saturated rings. The van der Waals surface area contributed by atoms with Gasteiger partial charge in [0.05, 0.1) is 28.8 Å². The van der Waals surface area contributed by atoms with Crippen LogP contribution in [0.15, 0.2) is 36.7 Å². The molecule has 0 radical (unpaired) electrons. The zero-order chi connectivity index (χ0) is 11.5. The van der Waals surface area contributed by atoms with Gasteiger partial charge in [-0.05, 0) is 24.3 Å². The minimum Gasteiger partial charge on any atom is -0.397 e. The van der Waals surface area contributed by atoms with Gasteiger partial charge in [0.1, 0.15) is 0 Å². The fourth-order valence-corrected chi connectivity index (χ4v) is 1.25. The molecule has 0 spiro atoms. The summed E-state index contributed by atoms with van der Waals surface area (Å²) in [4.78, 5) is 19.1. The van der Waals surface area contributed by atoms with Gasteiger partial charge in [0.15, 0.2) is 0 Å². The van der Waals surface area contributed by atoms with Crippen LogP contribution in [0.25, 0.3) is 11.4 Å². The first-order chi connectivity index (χ1) is 7.66. The standard InChI is InChI=1S/C11H10N4O/c12-8-2-4-10(15-6-8)9-3-1-7(5-14-9)11(13)16/h1-6H,12H2,(H2,13,16). The van der Waals surface area contributed by atoms with Gasteiger partial charge in [0, 0.05) is 6.20 Å². The molecule has 0 aromatic carbocycles. The van der Waals surface area contributed by atoms with E-state index in [4.69, 9.17) is 11.5 Å². The summed E-state index contributed by atoms with van der Waals surface area (Å²) < 4.78 is 0. The van der Waals surface area contributed by atoms with Gasteiger partial charge in [0.2, 0.25) is 5.91 Å². The van der Waals surface area contributed by atoms with Crippen molar-refractivity contribution in [2.45, 2.75) is 0 Å². The van der Waals surface area contributed by atoms with Crippen molar-refractivity contribution in [3.05, 3.63) is 42.2 Å². The van der Waals surface area contributed by atoms with Crippen LogP contribution in [0.1, 0.15) is 10.4 Å². The largest absolute Gasteiger partial charge is 0.397 e. The molecule has 0 unspecified atom stereocenters. The molecule has 0 saturated heterocycles. The smallest absolute Gasteiger partial charge is 0.250 e. The summed E-state index contributed by atoms with van der Waals surface area (Å²) in [6.45, 7) is 0. The van der Waals surface area contributed by atoms with Crippen LogP contribution in [-0.2, 0) is 0 Å². The van der Waals surface area contributed by atoms with Crippen molar-refractivity contribution in [2.75, 3.05) is 5.73 Å². The quantitative estimate of drug-likeness (QED) is 0.773. The van der Waals surface area contributed by atoms with E-state index >= 15 is 0 Å². The van der Waals surface area contributed by atoms with E-state index in [1.165, 1.54) is 6.20 Å². The molecule has 0 aliphatic rings. The van der Waals surface area contributed by atoms with E-state index in [1.54, 1.807) is 30.5 Å². The van der Waals surface area contributed by atoms with Crippen LogP contribution in [-0.4, -0.2) is 15.9 Å². The highest BCUT2D eigenvalue weighted by atomic mass is 16.1. The summed E-state index contributed by atoms with van der Waals surface area (Å²) >= 11 is 0. The van der Waals surface area contributed by atoms with Crippen LogP contribution < -0.4 is 11.5 Å². The molecule has 1 amide bonds. The first-order valence-electron chi connectivity index (χ1n) is 4.64. The molecule has 0 bridgehead atoms. The van der Waals surface area contributed by atoms with E-state index in [-0.39, 0.29) is 0 Å². The van der Waals surface area contributed by atoms with E-state index in [0.717, 1.165) is 0 Å². The molecule has 2 aromatic heterocycles. The summed E-state index contributed by atoms with van der Waals surface area (Å²) in [5.74, 6) is -0.496. The van der Waals surface area contributed by atoms with Crippen molar-refractivity contribution in [2.24, 2.45) is 5.73 Å². The van der Waals surface area contributed by atoms with Gasteiger partial charge in [-0.3, -0.25) is 14.8 Å². The fourth-order valence-electron chi connectivity index (χ4n) is 1.25. The molecular weight excluding hydrogens is 204 g/mol. The lowest BCUT2D eigenvalue weighted by molar-refractivity contribution is 0.1000. The molecule has 80 valence electrons. The number of pyridine rings is 2. The normalized spacial score (nSPS) is 10.0. The lowest BCUT2D eigenvalue weighted by Gasteiger charge is -2.01. The topological polar surface area (TPSA) is 94.9 Å². The Morgan fingerprint density at radius 1 is 1.00 bits per heavy atom. The minimum absolute atomic E-state index is 0.374. The number of carbonyl (C=O) groups is 1. The molecule has 0 aliphatic carbocycles. The van der Waals surface area contributed by atoms with Crippen LogP contribution in [0.2, 0.25) is 0 Å². The molecule has 2 aromatic rings. The van der Waals surface area contributed by atoms with Crippen LogP contribution in [0.3, 0.4) is 0 Å². The SMILES string of the molecule is NC(=O)c1ccc(-c2ccc(N)cn2)nc1. The van der Waals surface area contributed by atoms with E-state index in [1.807, 2.05) is 0 Å². The number of carbonyl (C=O) groups excluding carboxylic acids is 1. The second-order valence-electron chi connectivity index (χ2n) is 3.27. The molecule has 16 heavy (non-hydrogen) atoms. The fraction of sp³-hybridized carbons (Fsp3) is 0. The Hall–Kier alpha value is -2.43. The van der Waals surface area contributed by atoms with Gasteiger partial charge in [-0.25, -0.2) is 0 Å². The highest BCUT2D eigenvalue weighted by molar-refractivity contribution is 5.92. The Balaban J connectivity index is 2.34. The Kier molecular flexibility index (Phi) is 2.51. The third-order valence-corrected chi connectivity index (χ3v) is 2.10. The van der Waals surface area contributed by atoms with Crippen molar-refractivity contribution in [3.63, 3.8) is 0 Å². The minimum atomic E-state index is -0.496. The third-order valence-electron chi connectivity index (χ3n) is 2.10. The lowest BCUT2D eigenvalue weighted by Crippen LogP contribution is -2.11. The van der Waals surface area contributed by atoms with Crippen molar-refractivity contribution in [1.29, 1.82) is 0 Å². The average molecular weight is 214 g/mol. The van der Waals surface area contributed by atoms with E-state index < -0.39 is 5.91 Å². The second-order valence-corrected chi connectivity index (χ2v) is 3.27. The molecule has 5 nitrogen and oxygen atoms in total. The lowest BCUT2D eigenvalue weighted by atomic mass is 10.2. The van der Waals surface area contributed by atoms with Gasteiger partial charge < -0.3 is 11.5 Å². The Bertz CT molecular complexity index is 505. The number of primary amides is 1. The third kappa shape index (κ3) is 1.98. The van der Waals surface area contributed by atoms with Crippen LogP contribution >= 0.6 is 0 Å². The summed E-state index contributed by atoms with van der Waals surface area (Å²) in [5, 5.41) is 0. The number of aromatic nitrogens is 2. The van der Waals surface area contributed by atoms with Gasteiger partial charge >= 0.3 is 0 Å². The predicted molar refractivity (Wildman–Crippen MR) is 60.4 cm³/mol. The molecule has 2 heterocycles. The maximum atomic E-state index is 10.8. The summed E-state index contributed by atoms with van der Waals surface area (Å²) in [6.07, 6.45) is 2.98. The second kappa shape index (κ2) is 3.98. The number of hydrogen-bond acceptors (Lipinski definition) is 4. The molecule has 0 atom stereocenters. The predicted octanol–water partition coefficient (Wildman–Crippen LogP) is 0.825. The molecule has 2 rings (SSSR count). The first-order valence-corrected chi connectivity index (χ1v) is 4.64. The Labute approximate surface area is 92.1 Å². The summed E-state index contributed by atoms with van der Waals surface area (Å²) in [6, 6.07) is 6.81. The zero-order valence-corrected chi connectivity index (χ0v) is 8.42. The number of nitrogens with two attached hydrogens (primary N) is 2. The van der Waals surface area contributed by atoms with Crippen molar-refractivity contribution >= 4 is 11.6 Å². The molecule has 0 saturated carbocycles. The number of rotatable bonds is 2. The van der Waals surface area contributed by atoms with Gasteiger partial charge in [-0.2, -0.15) is 0 Å². The van der Waals surface area contributed by atoms with Crippen molar-refractivity contribution < 1.29 is 4.79 Å². The molecule has 5 heteroatoms. The maximum absolute atomic E-state index is 10.8. The first kappa shape index (κ1) is 10.1. The monoisotopic (exact) mass is 214 g/mol. The summed E-state index contributed by atoms with van der Waals surface area (Å²) in [7, 11) is 0. The van der Waals surface area contributed by atoms with Crippen LogP contribution in [0, 0.1) is 0 Å². The summed E-state index contributed by atoms with van der Waals surface area (Å²) in [5.41, 5.74) is 13.0. The number of hydrogen-bond donors (Lipinski definition) is 2. The Morgan fingerprint density at radius 3 is 2.06 bits per heavy atom. The van der Waals surface area contributed by atoms with E-state index in [9.17, 15) is 4.79 Å². The Morgan fingerprint density at radius 2 is 1.62 bits per heavy atom. The highest BCUT2D eigenvalue weighted by Gasteiger charge is 2.03. The van der Waals surface area contributed by atoms with Gasteiger partial charge in [-0.1, -0.05) is 0 Å². The van der Waals surface area contributed by atoms with Crippen molar-refractivity contribution in [1.82, 2.24) is 9.97 Å². The average Bonchev–Trinajstić information content (AvgIpc) is 2.30. The van der Waals surface area contributed by atoms with Gasteiger partial charge in [0.25, 0.3) is 0 Å². The maximum Gasteiger partial charge on any atom is 0.250 e. The van der Waals surface area contributed by atoms with E-state index in [0.29, 0.717) is 22.6 Å². The molecule has 0 aliphatic heterocycles. The van der Waals surface area contributed by atoms with Gasteiger partial charge in [-0.15, -0.1) is 0 Å². The van der Waals surface area contributed by atoms with E-state index in [2.05, 4.69) is 9.97 Å². The zero-order valence-electron chi connectivity index (χ0n) is 8.42. The number of nitrogens with zero attached hydrogens (tertiary/aromatic N) is 2. The number of anilines is 1. The number of nitrogen functional groups attached to an aromatic ring is 1. The molecule has 4 N–H and O–H groups in total. The molecular formula is C11H10N4O. The van der Waals surface area contributed by atoms with Crippen LogP contribution in [0.4, 0.5) is 5.69 Å².